The standard InChI is InChI=1S/C12H19ClN4S/c1-2-7-14-11-15-10(13)16-12(17-11)18-8-9-5-3-4-6-9/h9H,2-8H2,1H3,(H,14,15,16,17). The van der Waals surface area contributed by atoms with Crippen LogP contribution in [0.3, 0.4) is 0 Å². The molecular formula is C12H19ClN4S. The van der Waals surface area contributed by atoms with E-state index in [-0.39, 0.29) is 5.28 Å². The lowest BCUT2D eigenvalue weighted by molar-refractivity contribution is 0.622. The molecule has 0 aliphatic heterocycles. The lowest BCUT2D eigenvalue weighted by atomic mass is 10.1. The third kappa shape index (κ3) is 4.28. The van der Waals surface area contributed by atoms with Crippen LogP contribution in [0.25, 0.3) is 0 Å². The van der Waals surface area contributed by atoms with Gasteiger partial charge in [-0.15, -0.1) is 0 Å². The molecule has 6 heteroatoms. The second-order valence-electron chi connectivity index (χ2n) is 4.60. The Morgan fingerprint density at radius 3 is 2.78 bits per heavy atom. The summed E-state index contributed by atoms with van der Waals surface area (Å²) in [6, 6.07) is 0. The number of rotatable bonds is 6. The Hall–Kier alpha value is -0.550. The minimum atomic E-state index is 0.275. The van der Waals surface area contributed by atoms with Crippen LogP contribution in [0, 0.1) is 5.92 Å². The highest BCUT2D eigenvalue weighted by Gasteiger charge is 2.16. The smallest absolute Gasteiger partial charge is 0.228 e. The SMILES string of the molecule is CCCNc1nc(Cl)nc(SCC2CCCC2)n1. The monoisotopic (exact) mass is 286 g/mol. The van der Waals surface area contributed by atoms with Crippen LogP contribution in [-0.2, 0) is 0 Å². The number of halogens is 1. The molecule has 1 aliphatic carbocycles. The minimum absolute atomic E-state index is 0.275. The molecule has 0 amide bonds. The molecule has 0 saturated heterocycles. The van der Waals surface area contributed by atoms with Gasteiger partial charge in [-0.3, -0.25) is 0 Å². The van der Waals surface area contributed by atoms with E-state index in [1.807, 2.05) is 0 Å². The summed E-state index contributed by atoms with van der Waals surface area (Å²) in [6.45, 7) is 2.96. The second-order valence-corrected chi connectivity index (χ2v) is 5.92. The summed E-state index contributed by atoms with van der Waals surface area (Å²) in [6.07, 6.45) is 6.45. The summed E-state index contributed by atoms with van der Waals surface area (Å²) in [5.74, 6) is 2.50. The molecule has 1 aromatic heterocycles. The molecule has 1 aliphatic rings. The van der Waals surface area contributed by atoms with Gasteiger partial charge in [0.25, 0.3) is 0 Å². The molecule has 1 heterocycles. The molecule has 0 atom stereocenters. The summed E-state index contributed by atoms with van der Waals surface area (Å²) in [4.78, 5) is 12.6. The van der Waals surface area contributed by atoms with Crippen LogP contribution in [0.1, 0.15) is 39.0 Å². The molecule has 18 heavy (non-hydrogen) atoms. The number of hydrogen-bond acceptors (Lipinski definition) is 5. The maximum absolute atomic E-state index is 5.91. The molecule has 1 N–H and O–H groups in total. The van der Waals surface area contributed by atoms with Crippen molar-refractivity contribution in [3.63, 3.8) is 0 Å². The van der Waals surface area contributed by atoms with Crippen LogP contribution >= 0.6 is 23.4 Å². The van der Waals surface area contributed by atoms with Gasteiger partial charge in [0.2, 0.25) is 11.2 Å². The number of anilines is 1. The molecule has 100 valence electrons. The zero-order valence-corrected chi connectivity index (χ0v) is 12.2. The maximum Gasteiger partial charge on any atom is 0.228 e. The van der Waals surface area contributed by atoms with Crippen molar-refractivity contribution in [3.05, 3.63) is 5.28 Å². The van der Waals surface area contributed by atoms with Crippen molar-refractivity contribution in [3.8, 4) is 0 Å². The summed E-state index contributed by atoms with van der Waals surface area (Å²) in [5.41, 5.74) is 0. The van der Waals surface area contributed by atoms with Gasteiger partial charge >= 0.3 is 0 Å². The van der Waals surface area contributed by atoms with Crippen molar-refractivity contribution in [2.45, 2.75) is 44.2 Å². The first kappa shape index (κ1) is 13.9. The van der Waals surface area contributed by atoms with Crippen LogP contribution in [-0.4, -0.2) is 27.2 Å². The van der Waals surface area contributed by atoms with Crippen LogP contribution in [0.4, 0.5) is 5.95 Å². The lowest BCUT2D eigenvalue weighted by Crippen LogP contribution is -2.07. The van der Waals surface area contributed by atoms with E-state index in [4.69, 9.17) is 11.6 Å². The fourth-order valence-electron chi connectivity index (χ4n) is 2.08. The summed E-state index contributed by atoms with van der Waals surface area (Å²) < 4.78 is 0. The van der Waals surface area contributed by atoms with E-state index in [2.05, 4.69) is 27.2 Å². The van der Waals surface area contributed by atoms with E-state index in [1.54, 1.807) is 11.8 Å². The fraction of sp³-hybridized carbons (Fsp3) is 0.750. The Bertz CT molecular complexity index is 382. The van der Waals surface area contributed by atoms with Gasteiger partial charge in [-0.25, -0.2) is 0 Å². The number of thioether (sulfide) groups is 1. The van der Waals surface area contributed by atoms with Crippen molar-refractivity contribution >= 4 is 29.3 Å². The zero-order valence-electron chi connectivity index (χ0n) is 10.7. The molecule has 1 saturated carbocycles. The Kier molecular flexibility index (Phi) is 5.50. The van der Waals surface area contributed by atoms with Gasteiger partial charge in [0.05, 0.1) is 0 Å². The molecule has 2 rings (SSSR count). The van der Waals surface area contributed by atoms with Gasteiger partial charge in [0.15, 0.2) is 5.16 Å². The van der Waals surface area contributed by atoms with Gasteiger partial charge < -0.3 is 5.32 Å². The third-order valence-electron chi connectivity index (χ3n) is 3.04. The van der Waals surface area contributed by atoms with Gasteiger partial charge in [0.1, 0.15) is 0 Å². The lowest BCUT2D eigenvalue weighted by Gasteiger charge is -2.08. The molecule has 0 spiro atoms. The molecule has 0 unspecified atom stereocenters. The van der Waals surface area contributed by atoms with Crippen LogP contribution in [0.5, 0.6) is 0 Å². The predicted octanol–water partition coefficient (Wildman–Crippen LogP) is 3.63. The van der Waals surface area contributed by atoms with E-state index < -0.39 is 0 Å². The molecule has 1 fully saturated rings. The first-order chi connectivity index (χ1) is 8.78. The van der Waals surface area contributed by atoms with Crippen LogP contribution in [0.2, 0.25) is 5.28 Å². The van der Waals surface area contributed by atoms with E-state index in [9.17, 15) is 0 Å². The van der Waals surface area contributed by atoms with Crippen LogP contribution < -0.4 is 5.32 Å². The fourth-order valence-corrected chi connectivity index (χ4v) is 3.31. The normalized spacial score (nSPS) is 16.1. The summed E-state index contributed by atoms with van der Waals surface area (Å²) in [7, 11) is 0. The predicted molar refractivity (Wildman–Crippen MR) is 76.3 cm³/mol. The number of aromatic nitrogens is 3. The highest BCUT2D eigenvalue weighted by atomic mass is 35.5. The first-order valence-electron chi connectivity index (χ1n) is 6.56. The molecule has 1 aromatic rings. The Morgan fingerprint density at radius 2 is 2.06 bits per heavy atom. The molecule has 4 nitrogen and oxygen atoms in total. The highest BCUT2D eigenvalue weighted by molar-refractivity contribution is 7.99. The highest BCUT2D eigenvalue weighted by Crippen LogP contribution is 2.30. The number of nitrogens with one attached hydrogen (secondary N) is 1. The quantitative estimate of drug-likeness (QED) is 0.809. The van der Waals surface area contributed by atoms with Crippen molar-refractivity contribution in [1.29, 1.82) is 0 Å². The molecule has 0 aromatic carbocycles. The second kappa shape index (κ2) is 7.14. The van der Waals surface area contributed by atoms with Gasteiger partial charge in [0, 0.05) is 12.3 Å². The van der Waals surface area contributed by atoms with E-state index >= 15 is 0 Å². The Balaban J connectivity index is 1.91. The van der Waals surface area contributed by atoms with Crippen LogP contribution in [0.15, 0.2) is 5.16 Å². The van der Waals surface area contributed by atoms with E-state index in [0.717, 1.165) is 29.8 Å². The van der Waals surface area contributed by atoms with Gasteiger partial charge in [-0.2, -0.15) is 15.0 Å². The minimum Gasteiger partial charge on any atom is -0.354 e. The van der Waals surface area contributed by atoms with Gasteiger partial charge in [-0.1, -0.05) is 31.5 Å². The average Bonchev–Trinajstić information content (AvgIpc) is 2.86. The van der Waals surface area contributed by atoms with Gasteiger partial charge in [-0.05, 0) is 36.8 Å². The summed E-state index contributed by atoms with van der Waals surface area (Å²) >= 11 is 7.60. The Labute approximate surface area is 117 Å². The zero-order chi connectivity index (χ0) is 12.8. The molecular weight excluding hydrogens is 268 g/mol. The van der Waals surface area contributed by atoms with Crippen molar-refractivity contribution < 1.29 is 0 Å². The third-order valence-corrected chi connectivity index (χ3v) is 4.29. The van der Waals surface area contributed by atoms with E-state index in [0.29, 0.717) is 5.95 Å². The van der Waals surface area contributed by atoms with Crippen molar-refractivity contribution in [2.24, 2.45) is 5.92 Å². The first-order valence-corrected chi connectivity index (χ1v) is 7.92. The Morgan fingerprint density at radius 1 is 1.28 bits per heavy atom. The topological polar surface area (TPSA) is 50.7 Å². The van der Waals surface area contributed by atoms with E-state index in [1.165, 1.54) is 25.7 Å². The maximum atomic E-state index is 5.91. The van der Waals surface area contributed by atoms with Crippen molar-refractivity contribution in [1.82, 2.24) is 15.0 Å². The molecule has 0 radical (unpaired) electrons. The number of nitrogens with zero attached hydrogens (tertiary/aromatic N) is 3. The average molecular weight is 287 g/mol. The van der Waals surface area contributed by atoms with Crippen molar-refractivity contribution in [2.75, 3.05) is 17.6 Å². The summed E-state index contributed by atoms with van der Waals surface area (Å²) in [5, 5.41) is 4.16. The number of hydrogen-bond donors (Lipinski definition) is 1. The molecule has 0 bridgehead atoms. The largest absolute Gasteiger partial charge is 0.354 e.